The monoisotopic (exact) mass is 347 g/mol. The summed E-state index contributed by atoms with van der Waals surface area (Å²) in [7, 11) is 0. The molecule has 0 aliphatic carbocycles. The average Bonchev–Trinajstić information content (AvgIpc) is 2.97. The molecule has 3 rings (SSSR count). The maximum absolute atomic E-state index is 11.7. The summed E-state index contributed by atoms with van der Waals surface area (Å²) in [5.41, 5.74) is 1.09. The van der Waals surface area contributed by atoms with E-state index < -0.39 is 0 Å². The molecule has 1 atom stereocenters. The lowest BCUT2D eigenvalue weighted by Crippen LogP contribution is -2.47. The van der Waals surface area contributed by atoms with Gasteiger partial charge in [0.05, 0.1) is 21.8 Å². The first kappa shape index (κ1) is 17.2. The van der Waals surface area contributed by atoms with Crippen molar-refractivity contribution in [3.8, 4) is 0 Å². The summed E-state index contributed by atoms with van der Waals surface area (Å²) in [6.45, 7) is 6.03. The number of ether oxygens (including phenoxy) is 1. The van der Waals surface area contributed by atoms with E-state index >= 15 is 0 Å². The number of aromatic nitrogens is 1. The van der Waals surface area contributed by atoms with Gasteiger partial charge >= 0.3 is 6.09 Å². The summed E-state index contributed by atoms with van der Waals surface area (Å²) in [6.07, 6.45) is 2.71. The molecule has 0 spiro atoms. The predicted octanol–water partition coefficient (Wildman–Crippen LogP) is 3.44. The van der Waals surface area contributed by atoms with E-state index in [9.17, 15) is 4.79 Å². The number of nitrogens with one attached hydrogen (secondary N) is 1. The molecule has 1 N–H and O–H groups in total. The molecule has 1 saturated heterocycles. The van der Waals surface area contributed by atoms with Gasteiger partial charge in [0.25, 0.3) is 0 Å². The van der Waals surface area contributed by atoms with Crippen LogP contribution in [0.3, 0.4) is 0 Å². The van der Waals surface area contributed by atoms with Crippen LogP contribution in [0.25, 0.3) is 10.2 Å². The van der Waals surface area contributed by atoms with E-state index in [1.165, 1.54) is 9.71 Å². The molecule has 0 saturated carbocycles. The van der Waals surface area contributed by atoms with Crippen LogP contribution in [0.5, 0.6) is 0 Å². The summed E-state index contributed by atoms with van der Waals surface area (Å²) in [6, 6.07) is 9.12. The number of carbonyl (C=O) groups excluding carboxylic acids is 1. The number of hydrogen-bond donors (Lipinski definition) is 1. The third-order valence-electron chi connectivity index (χ3n) is 4.36. The molecular weight excluding hydrogens is 322 g/mol. The third-order valence-corrected chi connectivity index (χ3v) is 5.42. The fourth-order valence-corrected chi connectivity index (χ4v) is 4.27. The van der Waals surface area contributed by atoms with Crippen LogP contribution >= 0.6 is 11.3 Å². The number of hydrogen-bond acceptors (Lipinski definition) is 5. The van der Waals surface area contributed by atoms with Gasteiger partial charge in [-0.3, -0.25) is 0 Å². The fraction of sp³-hybridized carbons (Fsp3) is 0.556. The van der Waals surface area contributed by atoms with Gasteiger partial charge in [0.2, 0.25) is 0 Å². The predicted molar refractivity (Wildman–Crippen MR) is 97.5 cm³/mol. The van der Waals surface area contributed by atoms with Crippen LogP contribution in [0.15, 0.2) is 24.3 Å². The Morgan fingerprint density at radius 1 is 1.42 bits per heavy atom. The number of rotatable bonds is 5. The molecule has 0 radical (unpaired) electrons. The van der Waals surface area contributed by atoms with Gasteiger partial charge in [-0.25, -0.2) is 9.78 Å². The molecule has 0 bridgehead atoms. The van der Waals surface area contributed by atoms with Gasteiger partial charge in [-0.15, -0.1) is 11.3 Å². The van der Waals surface area contributed by atoms with Gasteiger partial charge in [0.1, 0.15) is 0 Å². The van der Waals surface area contributed by atoms with Crippen molar-refractivity contribution in [2.45, 2.75) is 45.2 Å². The molecule has 1 unspecified atom stereocenters. The van der Waals surface area contributed by atoms with Crippen molar-refractivity contribution < 1.29 is 9.53 Å². The Bertz CT molecular complexity index is 647. The van der Waals surface area contributed by atoms with Crippen molar-refractivity contribution >= 4 is 27.6 Å². The number of para-hydroxylation sites is 1. The number of fused-ring (bicyclic) bond motifs is 1. The van der Waals surface area contributed by atoms with Gasteiger partial charge in [-0.1, -0.05) is 12.1 Å². The number of nitrogens with zero attached hydrogens (tertiary/aromatic N) is 2. The summed E-state index contributed by atoms with van der Waals surface area (Å²) >= 11 is 1.78. The second-order valence-corrected chi connectivity index (χ2v) is 7.42. The Hall–Kier alpha value is -1.66. The van der Waals surface area contributed by atoms with E-state index in [4.69, 9.17) is 9.72 Å². The van der Waals surface area contributed by atoms with E-state index in [0.717, 1.165) is 37.9 Å². The van der Waals surface area contributed by atoms with Gasteiger partial charge in [0, 0.05) is 31.6 Å². The lowest BCUT2D eigenvalue weighted by Gasteiger charge is -2.33. The second-order valence-electron chi connectivity index (χ2n) is 6.31. The minimum Gasteiger partial charge on any atom is -0.450 e. The molecule has 1 aliphatic heterocycles. The van der Waals surface area contributed by atoms with Crippen LogP contribution < -0.4 is 5.32 Å². The molecule has 1 fully saturated rings. The Labute approximate surface area is 147 Å². The second kappa shape index (κ2) is 7.94. The number of thiazole rings is 1. The zero-order chi connectivity index (χ0) is 16.9. The molecule has 1 aromatic heterocycles. The highest BCUT2D eigenvalue weighted by molar-refractivity contribution is 7.18. The minimum atomic E-state index is -0.182. The lowest BCUT2D eigenvalue weighted by molar-refractivity contribution is 0.0944. The standard InChI is InChI=1S/C18H25N3O2S/c1-3-23-18(22)21-10-8-14(9-11-21)19-13(2)12-17-20-15-6-4-5-7-16(15)24-17/h4-7,13-14,19H,3,8-12H2,1-2H3. The van der Waals surface area contributed by atoms with Crippen molar-refractivity contribution in [1.82, 2.24) is 15.2 Å². The molecule has 2 heterocycles. The summed E-state index contributed by atoms with van der Waals surface area (Å²) in [5.74, 6) is 0. The normalized spacial score (nSPS) is 17.2. The number of amides is 1. The van der Waals surface area contributed by atoms with Crippen LogP contribution in [0, 0.1) is 0 Å². The highest BCUT2D eigenvalue weighted by Gasteiger charge is 2.24. The van der Waals surface area contributed by atoms with E-state index in [1.807, 2.05) is 13.0 Å². The van der Waals surface area contributed by atoms with Crippen molar-refractivity contribution in [1.29, 1.82) is 0 Å². The summed E-state index contributed by atoms with van der Waals surface area (Å²) < 4.78 is 6.32. The lowest BCUT2D eigenvalue weighted by atomic mass is 10.0. The maximum Gasteiger partial charge on any atom is 0.409 e. The molecule has 24 heavy (non-hydrogen) atoms. The number of carbonyl (C=O) groups is 1. The zero-order valence-corrected chi connectivity index (χ0v) is 15.1. The van der Waals surface area contributed by atoms with Crippen LogP contribution in [0.1, 0.15) is 31.7 Å². The quantitative estimate of drug-likeness (QED) is 0.900. The van der Waals surface area contributed by atoms with E-state index in [2.05, 4.69) is 30.4 Å². The van der Waals surface area contributed by atoms with Crippen LogP contribution in [-0.4, -0.2) is 47.8 Å². The minimum absolute atomic E-state index is 0.182. The molecule has 130 valence electrons. The van der Waals surface area contributed by atoms with Crippen molar-refractivity contribution in [3.63, 3.8) is 0 Å². The Morgan fingerprint density at radius 3 is 2.88 bits per heavy atom. The molecule has 1 amide bonds. The molecule has 1 aliphatic rings. The highest BCUT2D eigenvalue weighted by Crippen LogP contribution is 2.22. The van der Waals surface area contributed by atoms with E-state index in [-0.39, 0.29) is 6.09 Å². The Morgan fingerprint density at radius 2 is 2.17 bits per heavy atom. The highest BCUT2D eigenvalue weighted by atomic mass is 32.1. The molecule has 2 aromatic rings. The smallest absolute Gasteiger partial charge is 0.409 e. The zero-order valence-electron chi connectivity index (χ0n) is 14.3. The number of likely N-dealkylation sites (tertiary alicyclic amines) is 1. The molecule has 5 nitrogen and oxygen atoms in total. The summed E-state index contributed by atoms with van der Waals surface area (Å²) in [4.78, 5) is 18.2. The Balaban J connectivity index is 1.47. The molecule has 1 aromatic carbocycles. The molecule has 6 heteroatoms. The van der Waals surface area contributed by atoms with Gasteiger partial charge < -0.3 is 15.0 Å². The van der Waals surface area contributed by atoms with Gasteiger partial charge in [-0.2, -0.15) is 0 Å². The van der Waals surface area contributed by atoms with Crippen LogP contribution in [0.4, 0.5) is 4.79 Å². The first-order chi connectivity index (χ1) is 11.7. The number of benzene rings is 1. The van der Waals surface area contributed by atoms with Crippen LogP contribution in [0.2, 0.25) is 0 Å². The van der Waals surface area contributed by atoms with Crippen molar-refractivity contribution in [2.75, 3.05) is 19.7 Å². The fourth-order valence-electron chi connectivity index (χ4n) is 3.17. The Kier molecular flexibility index (Phi) is 5.68. The van der Waals surface area contributed by atoms with E-state index in [0.29, 0.717) is 18.7 Å². The average molecular weight is 347 g/mol. The van der Waals surface area contributed by atoms with Crippen molar-refractivity contribution in [3.05, 3.63) is 29.3 Å². The van der Waals surface area contributed by atoms with Crippen molar-refractivity contribution in [2.24, 2.45) is 0 Å². The van der Waals surface area contributed by atoms with E-state index in [1.54, 1.807) is 16.2 Å². The maximum atomic E-state index is 11.7. The van der Waals surface area contributed by atoms with Crippen LogP contribution in [-0.2, 0) is 11.2 Å². The third kappa shape index (κ3) is 4.24. The van der Waals surface area contributed by atoms with Gasteiger partial charge in [-0.05, 0) is 38.8 Å². The number of piperidine rings is 1. The first-order valence-corrected chi connectivity index (χ1v) is 9.49. The topological polar surface area (TPSA) is 54.5 Å². The SMILES string of the molecule is CCOC(=O)N1CCC(NC(C)Cc2nc3ccccc3s2)CC1. The first-order valence-electron chi connectivity index (χ1n) is 8.68. The largest absolute Gasteiger partial charge is 0.450 e. The molecular formula is C18H25N3O2S. The summed E-state index contributed by atoms with van der Waals surface area (Å²) in [5, 5.41) is 4.87. The van der Waals surface area contributed by atoms with Gasteiger partial charge in [0.15, 0.2) is 0 Å².